The van der Waals surface area contributed by atoms with Crippen LogP contribution in [0.3, 0.4) is 0 Å². The van der Waals surface area contributed by atoms with E-state index < -0.39 is 26.8 Å². The van der Waals surface area contributed by atoms with Gasteiger partial charge in [-0.1, -0.05) is 11.6 Å². The Morgan fingerprint density at radius 2 is 1.87 bits per heavy atom. The second-order valence-corrected chi connectivity index (χ2v) is 7.86. The number of hydrogen-bond acceptors (Lipinski definition) is 6. The van der Waals surface area contributed by atoms with Crippen molar-refractivity contribution in [3.05, 3.63) is 71.3 Å². The van der Waals surface area contributed by atoms with Crippen molar-refractivity contribution in [2.75, 3.05) is 4.72 Å². The van der Waals surface area contributed by atoms with E-state index in [-0.39, 0.29) is 22.7 Å². The fourth-order valence-electron chi connectivity index (χ4n) is 2.27. The zero-order valence-electron chi connectivity index (χ0n) is 14.7. The maximum atomic E-state index is 12.6. The summed E-state index contributed by atoms with van der Waals surface area (Å²) in [6.07, 6.45) is -1.32. The number of benzene rings is 1. The van der Waals surface area contributed by atoms with Crippen molar-refractivity contribution in [2.45, 2.75) is 11.1 Å². The highest BCUT2D eigenvalue weighted by atomic mass is 35.5. The van der Waals surface area contributed by atoms with E-state index in [0.717, 1.165) is 6.07 Å². The number of nitriles is 1. The molecule has 2 aromatic heterocycles. The first kappa shape index (κ1) is 21.4. The van der Waals surface area contributed by atoms with Crippen LogP contribution in [-0.2, 0) is 16.2 Å². The van der Waals surface area contributed by atoms with Gasteiger partial charge in [-0.15, -0.1) is 0 Å². The van der Waals surface area contributed by atoms with Gasteiger partial charge in [0.05, 0.1) is 22.5 Å². The second-order valence-electron chi connectivity index (χ2n) is 5.75. The summed E-state index contributed by atoms with van der Waals surface area (Å²) in [6, 6.07) is 8.57. The summed E-state index contributed by atoms with van der Waals surface area (Å²) in [5.41, 5.74) is -1.21. The third-order valence-electron chi connectivity index (χ3n) is 3.60. The highest BCUT2D eigenvalue weighted by molar-refractivity contribution is 7.92. The Bertz CT molecular complexity index is 1230. The Balaban J connectivity index is 1.83. The molecule has 0 saturated carbocycles. The molecule has 0 amide bonds. The summed E-state index contributed by atoms with van der Waals surface area (Å²) in [7, 11) is -4.24. The number of ether oxygens (including phenoxy) is 1. The van der Waals surface area contributed by atoms with Gasteiger partial charge in [0, 0.05) is 18.5 Å². The van der Waals surface area contributed by atoms with Crippen LogP contribution in [-0.4, -0.2) is 18.4 Å². The normalized spacial score (nSPS) is 11.6. The Labute approximate surface area is 173 Å². The molecule has 1 N–H and O–H groups in total. The highest BCUT2D eigenvalue weighted by Crippen LogP contribution is 2.30. The molecule has 3 rings (SSSR count). The van der Waals surface area contributed by atoms with Crippen LogP contribution in [0.5, 0.6) is 11.5 Å². The standard InChI is InChI=1S/C18H10ClF3N4O3S/c19-12-6-14(9-24-8-12)29-16-3-1-13(5-11(16)7-23)26-30(27,28)15-2-4-17(25-10-15)18(20,21)22/h1-6,8-10,26H. The lowest BCUT2D eigenvalue weighted by atomic mass is 10.2. The van der Waals surface area contributed by atoms with Gasteiger partial charge in [0.2, 0.25) is 0 Å². The van der Waals surface area contributed by atoms with E-state index in [1.807, 2.05) is 6.07 Å². The molecule has 7 nitrogen and oxygen atoms in total. The van der Waals surface area contributed by atoms with Gasteiger partial charge in [-0.3, -0.25) is 14.7 Å². The largest absolute Gasteiger partial charge is 0.454 e. The average Bonchev–Trinajstić information content (AvgIpc) is 2.68. The van der Waals surface area contributed by atoms with Crippen molar-refractivity contribution in [3.63, 3.8) is 0 Å². The van der Waals surface area contributed by atoms with Crippen LogP contribution < -0.4 is 9.46 Å². The molecule has 0 aliphatic heterocycles. The van der Waals surface area contributed by atoms with Gasteiger partial charge in [-0.05, 0) is 30.3 Å². The Kier molecular flexibility index (Phi) is 5.82. The van der Waals surface area contributed by atoms with Crippen molar-refractivity contribution >= 4 is 27.3 Å². The van der Waals surface area contributed by atoms with E-state index in [1.54, 1.807) is 0 Å². The summed E-state index contributed by atoms with van der Waals surface area (Å²) in [5.74, 6) is 0.392. The topological polar surface area (TPSA) is 105 Å². The van der Waals surface area contributed by atoms with Crippen LogP contribution in [0.25, 0.3) is 0 Å². The number of alkyl halides is 3. The van der Waals surface area contributed by atoms with Crippen LogP contribution in [0.4, 0.5) is 18.9 Å². The highest BCUT2D eigenvalue weighted by Gasteiger charge is 2.32. The third-order valence-corrected chi connectivity index (χ3v) is 5.17. The molecule has 0 aliphatic carbocycles. The molecular weight excluding hydrogens is 445 g/mol. The third kappa shape index (κ3) is 4.97. The zero-order valence-corrected chi connectivity index (χ0v) is 16.3. The van der Waals surface area contributed by atoms with Crippen LogP contribution in [0.15, 0.2) is 59.9 Å². The average molecular weight is 455 g/mol. The van der Waals surface area contributed by atoms with E-state index in [4.69, 9.17) is 16.3 Å². The van der Waals surface area contributed by atoms with Crippen molar-refractivity contribution in [1.29, 1.82) is 5.26 Å². The maximum absolute atomic E-state index is 12.6. The van der Waals surface area contributed by atoms with Gasteiger partial charge in [0.1, 0.15) is 28.2 Å². The van der Waals surface area contributed by atoms with E-state index in [0.29, 0.717) is 17.3 Å². The molecule has 0 fully saturated rings. The van der Waals surface area contributed by atoms with E-state index in [1.165, 1.54) is 36.7 Å². The summed E-state index contributed by atoms with van der Waals surface area (Å²) in [4.78, 5) is 6.50. The van der Waals surface area contributed by atoms with Crippen molar-refractivity contribution < 1.29 is 26.3 Å². The number of nitrogens with zero attached hydrogens (tertiary/aromatic N) is 3. The van der Waals surface area contributed by atoms with Crippen molar-refractivity contribution in [3.8, 4) is 17.6 Å². The first-order chi connectivity index (χ1) is 14.1. The quantitative estimate of drug-likeness (QED) is 0.603. The SMILES string of the molecule is N#Cc1cc(NS(=O)(=O)c2ccc(C(F)(F)F)nc2)ccc1Oc1cncc(Cl)c1. The molecule has 0 radical (unpaired) electrons. The predicted octanol–water partition coefficient (Wildman–Crippen LogP) is 4.61. The Morgan fingerprint density at radius 1 is 1.10 bits per heavy atom. The molecule has 0 saturated heterocycles. The molecule has 0 aliphatic rings. The minimum atomic E-state index is -4.69. The van der Waals surface area contributed by atoms with Gasteiger partial charge in [0.15, 0.2) is 0 Å². The van der Waals surface area contributed by atoms with Crippen molar-refractivity contribution in [2.24, 2.45) is 0 Å². The summed E-state index contributed by atoms with van der Waals surface area (Å²) in [5, 5.41) is 9.65. The zero-order chi connectivity index (χ0) is 21.9. The molecule has 1 aromatic carbocycles. The van der Waals surface area contributed by atoms with Crippen LogP contribution in [0.2, 0.25) is 5.02 Å². The van der Waals surface area contributed by atoms with Crippen LogP contribution >= 0.6 is 11.6 Å². The number of pyridine rings is 2. The lowest BCUT2D eigenvalue weighted by Crippen LogP contribution is -2.15. The summed E-state index contributed by atoms with van der Waals surface area (Å²) < 4.78 is 70.3. The number of sulfonamides is 1. The lowest BCUT2D eigenvalue weighted by Gasteiger charge is -2.12. The van der Waals surface area contributed by atoms with E-state index in [2.05, 4.69) is 14.7 Å². The molecule has 154 valence electrons. The first-order valence-corrected chi connectivity index (χ1v) is 9.83. The minimum absolute atomic E-state index is 0.000667. The first-order valence-electron chi connectivity index (χ1n) is 7.97. The monoisotopic (exact) mass is 454 g/mol. The molecule has 3 aromatic rings. The van der Waals surface area contributed by atoms with E-state index in [9.17, 15) is 26.9 Å². The van der Waals surface area contributed by atoms with Crippen LogP contribution in [0, 0.1) is 11.3 Å². The van der Waals surface area contributed by atoms with Gasteiger partial charge in [-0.2, -0.15) is 18.4 Å². The Morgan fingerprint density at radius 3 is 2.47 bits per heavy atom. The summed E-state index contributed by atoms with van der Waals surface area (Å²) >= 11 is 5.82. The fraction of sp³-hybridized carbons (Fsp3) is 0.0556. The maximum Gasteiger partial charge on any atom is 0.433 e. The minimum Gasteiger partial charge on any atom is -0.454 e. The molecule has 2 heterocycles. The number of anilines is 1. The molecule has 0 bridgehead atoms. The second kappa shape index (κ2) is 8.17. The van der Waals surface area contributed by atoms with Gasteiger partial charge >= 0.3 is 6.18 Å². The molecule has 0 atom stereocenters. The molecule has 0 unspecified atom stereocenters. The fourth-order valence-corrected chi connectivity index (χ4v) is 3.42. The van der Waals surface area contributed by atoms with Crippen molar-refractivity contribution in [1.82, 2.24) is 9.97 Å². The van der Waals surface area contributed by atoms with Gasteiger partial charge in [-0.25, -0.2) is 8.42 Å². The van der Waals surface area contributed by atoms with Gasteiger partial charge < -0.3 is 4.74 Å². The number of rotatable bonds is 5. The molecular formula is C18H10ClF3N4O3S. The number of halogens is 4. The number of hydrogen-bond donors (Lipinski definition) is 1. The number of aromatic nitrogens is 2. The smallest absolute Gasteiger partial charge is 0.433 e. The number of nitrogens with one attached hydrogen (secondary N) is 1. The Hall–Kier alpha value is -3.36. The molecule has 0 spiro atoms. The van der Waals surface area contributed by atoms with Gasteiger partial charge in [0.25, 0.3) is 10.0 Å². The molecule has 30 heavy (non-hydrogen) atoms. The lowest BCUT2D eigenvalue weighted by molar-refractivity contribution is -0.141. The van der Waals surface area contributed by atoms with E-state index >= 15 is 0 Å². The van der Waals surface area contributed by atoms with Crippen LogP contribution in [0.1, 0.15) is 11.3 Å². The predicted molar refractivity (Wildman–Crippen MR) is 101 cm³/mol. The molecule has 12 heteroatoms. The summed E-state index contributed by atoms with van der Waals surface area (Å²) in [6.45, 7) is 0.